The van der Waals surface area contributed by atoms with Crippen LogP contribution in [0.5, 0.6) is 5.88 Å². The van der Waals surface area contributed by atoms with E-state index in [2.05, 4.69) is 9.98 Å². The molecule has 7 heteroatoms. The van der Waals surface area contributed by atoms with E-state index in [0.717, 1.165) is 16.8 Å². The fraction of sp³-hybridized carbons (Fsp3) is 0.0833. The minimum atomic E-state index is -0.529. The van der Waals surface area contributed by atoms with Crippen molar-refractivity contribution in [2.24, 2.45) is 4.99 Å². The van der Waals surface area contributed by atoms with Crippen molar-refractivity contribution in [2.45, 2.75) is 13.5 Å². The Morgan fingerprint density at radius 1 is 1.16 bits per heavy atom. The summed E-state index contributed by atoms with van der Waals surface area (Å²) in [5.74, 6) is -0.228. The van der Waals surface area contributed by atoms with E-state index in [9.17, 15) is 15.2 Å². The van der Waals surface area contributed by atoms with Gasteiger partial charge in [-0.3, -0.25) is 9.36 Å². The molecule has 1 N–H and O–H groups in total. The summed E-state index contributed by atoms with van der Waals surface area (Å²) in [7, 11) is 0. The van der Waals surface area contributed by atoms with Crippen molar-refractivity contribution in [3.05, 3.63) is 98.7 Å². The average Bonchev–Trinajstić information content (AvgIpc) is 3.27. The molecule has 0 spiro atoms. The lowest BCUT2D eigenvalue weighted by molar-refractivity contribution is 0.413. The largest absolute Gasteiger partial charge is 0.494 e. The number of hydrogen-bond donors (Lipinski definition) is 1. The summed E-state index contributed by atoms with van der Waals surface area (Å²) in [6.45, 7) is 1.78. The Kier molecular flexibility index (Phi) is 5.74. The molecule has 0 fully saturated rings. The van der Waals surface area contributed by atoms with Crippen LogP contribution in [0.15, 0.2) is 75.8 Å². The molecule has 0 saturated carbocycles. The zero-order valence-electron chi connectivity index (χ0n) is 16.7. The number of benzene rings is 2. The molecule has 0 aliphatic carbocycles. The molecule has 2 aromatic carbocycles. The number of aromatic nitrogens is 2. The van der Waals surface area contributed by atoms with Gasteiger partial charge in [-0.1, -0.05) is 60.7 Å². The van der Waals surface area contributed by atoms with Gasteiger partial charge in [0.05, 0.1) is 17.8 Å². The van der Waals surface area contributed by atoms with Gasteiger partial charge in [-0.15, -0.1) is 11.3 Å². The molecule has 0 radical (unpaired) electrons. The van der Waals surface area contributed by atoms with Crippen molar-refractivity contribution < 1.29 is 5.11 Å². The fourth-order valence-corrected chi connectivity index (χ4v) is 3.89. The third-order valence-electron chi connectivity index (χ3n) is 4.90. The number of aromatic hydroxyl groups is 1. The van der Waals surface area contributed by atoms with Gasteiger partial charge in [0, 0.05) is 17.2 Å². The third kappa shape index (κ3) is 4.15. The molecule has 0 atom stereocenters. The van der Waals surface area contributed by atoms with E-state index in [4.69, 9.17) is 0 Å². The topological polar surface area (TPSA) is 91.3 Å². The monoisotopic (exact) mass is 426 g/mol. The molecule has 0 amide bonds. The molecule has 0 aliphatic rings. The molecule has 2 aromatic heterocycles. The second kappa shape index (κ2) is 8.78. The van der Waals surface area contributed by atoms with Crippen LogP contribution >= 0.6 is 11.3 Å². The molecule has 0 aliphatic heterocycles. The van der Waals surface area contributed by atoms with Crippen molar-refractivity contribution in [1.29, 1.82) is 5.26 Å². The number of pyridine rings is 1. The molecule has 2 heterocycles. The van der Waals surface area contributed by atoms with E-state index >= 15 is 0 Å². The number of nitriles is 1. The van der Waals surface area contributed by atoms with Gasteiger partial charge in [-0.25, -0.2) is 9.98 Å². The van der Waals surface area contributed by atoms with E-state index in [0.29, 0.717) is 16.3 Å². The highest BCUT2D eigenvalue weighted by atomic mass is 32.1. The van der Waals surface area contributed by atoms with Crippen LogP contribution < -0.4 is 5.56 Å². The second-order valence-electron chi connectivity index (χ2n) is 6.87. The molecule has 0 unspecified atom stereocenters. The molecule has 6 nitrogen and oxygen atoms in total. The first kappa shape index (κ1) is 20.3. The van der Waals surface area contributed by atoms with Crippen LogP contribution in [0.25, 0.3) is 11.3 Å². The third-order valence-corrected chi connectivity index (χ3v) is 5.64. The molecular formula is C24H18N4O2S. The summed E-state index contributed by atoms with van der Waals surface area (Å²) in [6, 6.07) is 21.0. The van der Waals surface area contributed by atoms with Crippen LogP contribution in [-0.2, 0) is 6.54 Å². The molecule has 0 saturated heterocycles. The number of hydrogen-bond acceptors (Lipinski definition) is 6. The van der Waals surface area contributed by atoms with Crippen LogP contribution in [0, 0.1) is 18.3 Å². The predicted octanol–water partition coefficient (Wildman–Crippen LogP) is 4.66. The lowest BCUT2D eigenvalue weighted by Crippen LogP contribution is -2.25. The molecule has 152 valence electrons. The second-order valence-corrected chi connectivity index (χ2v) is 7.70. The van der Waals surface area contributed by atoms with Crippen LogP contribution in [0.3, 0.4) is 0 Å². The standard InChI is InChI=1S/C24H18N4O2S/c1-16-19(12-25)22(29)28(14-17-8-4-2-5-9-17)23(30)20(16)13-26-24-27-21(15-31-24)18-10-6-3-7-11-18/h2-11,13,15,30H,14H2,1H3. The van der Waals surface area contributed by atoms with Gasteiger partial charge < -0.3 is 5.11 Å². The van der Waals surface area contributed by atoms with Gasteiger partial charge in [0.15, 0.2) is 0 Å². The highest BCUT2D eigenvalue weighted by Gasteiger charge is 2.18. The summed E-state index contributed by atoms with van der Waals surface area (Å²) >= 11 is 1.37. The highest BCUT2D eigenvalue weighted by Crippen LogP contribution is 2.27. The van der Waals surface area contributed by atoms with E-state index in [1.165, 1.54) is 22.1 Å². The smallest absolute Gasteiger partial charge is 0.271 e. The van der Waals surface area contributed by atoms with E-state index in [1.54, 1.807) is 6.92 Å². The predicted molar refractivity (Wildman–Crippen MR) is 122 cm³/mol. The number of aliphatic imine (C=N–C) groups is 1. The van der Waals surface area contributed by atoms with E-state index < -0.39 is 5.56 Å². The van der Waals surface area contributed by atoms with Crippen molar-refractivity contribution >= 4 is 22.7 Å². The van der Waals surface area contributed by atoms with Gasteiger partial charge in [0.25, 0.3) is 5.56 Å². The minimum absolute atomic E-state index is 0.0145. The van der Waals surface area contributed by atoms with Crippen LogP contribution in [-0.4, -0.2) is 20.9 Å². The maximum atomic E-state index is 12.8. The maximum Gasteiger partial charge on any atom is 0.271 e. The lowest BCUT2D eigenvalue weighted by Gasteiger charge is -2.14. The van der Waals surface area contributed by atoms with Crippen molar-refractivity contribution in [2.75, 3.05) is 0 Å². The summed E-state index contributed by atoms with van der Waals surface area (Å²) in [6.07, 6.45) is 1.46. The Labute approximate surface area is 183 Å². The Balaban J connectivity index is 1.73. The summed E-state index contributed by atoms with van der Waals surface area (Å²) in [4.78, 5) is 21.7. The van der Waals surface area contributed by atoms with Crippen LogP contribution in [0.1, 0.15) is 22.3 Å². The fourth-order valence-electron chi connectivity index (χ4n) is 3.22. The number of nitrogens with zero attached hydrogens (tertiary/aromatic N) is 4. The zero-order valence-corrected chi connectivity index (χ0v) is 17.5. The first-order chi connectivity index (χ1) is 15.1. The normalized spacial score (nSPS) is 11.0. The van der Waals surface area contributed by atoms with Gasteiger partial charge in [0.2, 0.25) is 11.0 Å². The van der Waals surface area contributed by atoms with Gasteiger partial charge in [-0.05, 0) is 18.1 Å². The number of thiazole rings is 1. The average molecular weight is 427 g/mol. The van der Waals surface area contributed by atoms with Gasteiger partial charge >= 0.3 is 0 Å². The Bertz CT molecular complexity index is 1350. The Morgan fingerprint density at radius 3 is 2.52 bits per heavy atom. The lowest BCUT2D eigenvalue weighted by atomic mass is 10.1. The summed E-state index contributed by atoms with van der Waals surface area (Å²) in [5, 5.41) is 22.8. The van der Waals surface area contributed by atoms with Crippen LogP contribution in [0.4, 0.5) is 5.13 Å². The van der Waals surface area contributed by atoms with Gasteiger partial charge in [-0.2, -0.15) is 5.26 Å². The summed E-state index contributed by atoms with van der Waals surface area (Å²) < 4.78 is 1.19. The van der Waals surface area contributed by atoms with E-state index in [-0.39, 0.29) is 18.0 Å². The molecule has 31 heavy (non-hydrogen) atoms. The first-order valence-electron chi connectivity index (χ1n) is 9.54. The van der Waals surface area contributed by atoms with Crippen molar-refractivity contribution in [1.82, 2.24) is 9.55 Å². The number of rotatable bonds is 5. The van der Waals surface area contributed by atoms with Crippen molar-refractivity contribution in [3.8, 4) is 23.2 Å². The highest BCUT2D eigenvalue weighted by molar-refractivity contribution is 7.13. The van der Waals surface area contributed by atoms with E-state index in [1.807, 2.05) is 72.1 Å². The molecule has 0 bridgehead atoms. The molecule has 4 rings (SSSR count). The quantitative estimate of drug-likeness (QED) is 0.470. The van der Waals surface area contributed by atoms with Gasteiger partial charge in [0.1, 0.15) is 11.6 Å². The Hall–Kier alpha value is -4.02. The van der Waals surface area contributed by atoms with Crippen molar-refractivity contribution in [3.63, 3.8) is 0 Å². The minimum Gasteiger partial charge on any atom is -0.494 e. The SMILES string of the molecule is Cc1c(C=Nc2nc(-c3ccccc3)cs2)c(O)n(Cc2ccccc2)c(=O)c1C#N. The molecule has 4 aromatic rings. The molecular weight excluding hydrogens is 408 g/mol. The van der Waals surface area contributed by atoms with Crippen LogP contribution in [0.2, 0.25) is 0 Å². The summed E-state index contributed by atoms with van der Waals surface area (Å²) in [5.41, 5.74) is 2.80. The first-order valence-corrected chi connectivity index (χ1v) is 10.4. The zero-order chi connectivity index (χ0) is 21.8. The maximum absolute atomic E-state index is 12.8. The Morgan fingerprint density at radius 2 is 1.84 bits per heavy atom.